The van der Waals surface area contributed by atoms with E-state index < -0.39 is 12.2 Å². The molecule has 0 fully saturated rings. The Kier molecular flexibility index (Phi) is 6.28. The third kappa shape index (κ3) is 4.46. The number of fused-ring (bicyclic) bond motifs is 4. The predicted octanol–water partition coefficient (Wildman–Crippen LogP) is 5.12. The molecule has 1 aliphatic rings. The molecule has 0 saturated heterocycles. The Hall–Kier alpha value is -5.02. The van der Waals surface area contributed by atoms with Gasteiger partial charge in [0.25, 0.3) is 0 Å². The van der Waals surface area contributed by atoms with Crippen molar-refractivity contribution < 1.29 is 24.1 Å². The van der Waals surface area contributed by atoms with Crippen LogP contribution in [0.25, 0.3) is 31.8 Å². The summed E-state index contributed by atoms with van der Waals surface area (Å²) in [4.78, 5) is 31.2. The molecule has 0 radical (unpaired) electrons. The van der Waals surface area contributed by atoms with Crippen molar-refractivity contribution in [1.82, 2.24) is 19.9 Å². The molecule has 3 aromatic heterocycles. The predicted molar refractivity (Wildman–Crippen MR) is 148 cm³/mol. The maximum absolute atomic E-state index is 12.0. The second-order valence-corrected chi connectivity index (χ2v) is 10.3. The Balaban J connectivity index is 1.34. The van der Waals surface area contributed by atoms with Gasteiger partial charge in [0.1, 0.15) is 22.4 Å². The van der Waals surface area contributed by atoms with E-state index in [-0.39, 0.29) is 24.4 Å². The van der Waals surface area contributed by atoms with Crippen molar-refractivity contribution >= 4 is 44.4 Å². The van der Waals surface area contributed by atoms with Gasteiger partial charge < -0.3 is 19.3 Å². The van der Waals surface area contributed by atoms with Gasteiger partial charge in [0.15, 0.2) is 17.6 Å². The van der Waals surface area contributed by atoms with Gasteiger partial charge >= 0.3 is 6.09 Å². The zero-order chi connectivity index (χ0) is 28.0. The van der Waals surface area contributed by atoms with Gasteiger partial charge in [-0.25, -0.2) is 19.7 Å². The lowest BCUT2D eigenvalue weighted by Gasteiger charge is -2.30. The molecule has 2 aromatic carbocycles. The monoisotopic (exact) mass is 554 g/mol. The number of methoxy groups -OCH3 is 1. The first-order valence-electron chi connectivity index (χ1n) is 12.3. The number of rotatable bonds is 5. The molecular formula is C28H22N6O5S. The van der Waals surface area contributed by atoms with E-state index >= 15 is 0 Å². The smallest absolute Gasteiger partial charge is 0.411 e. The lowest BCUT2D eigenvalue weighted by Crippen LogP contribution is -2.43. The van der Waals surface area contributed by atoms with Crippen LogP contribution in [0.1, 0.15) is 16.7 Å². The van der Waals surface area contributed by atoms with E-state index in [1.807, 2.05) is 38.1 Å². The average molecular weight is 555 g/mol. The lowest BCUT2D eigenvalue weighted by atomic mass is 10.1. The average Bonchev–Trinajstić information content (AvgIpc) is 3.41. The highest BCUT2D eigenvalue weighted by Crippen LogP contribution is 2.46. The second-order valence-electron chi connectivity index (χ2n) is 9.30. The van der Waals surface area contributed by atoms with Crippen LogP contribution in [0.5, 0.6) is 17.4 Å². The van der Waals surface area contributed by atoms with Gasteiger partial charge in [0.2, 0.25) is 5.88 Å². The second kappa shape index (κ2) is 9.94. The first kappa shape index (κ1) is 25.3. The highest BCUT2D eigenvalue weighted by molar-refractivity contribution is 7.22. The molecular weight excluding hydrogens is 532 g/mol. The summed E-state index contributed by atoms with van der Waals surface area (Å²) < 4.78 is 18.5. The zero-order valence-electron chi connectivity index (χ0n) is 21.7. The number of aryl methyl sites for hydroxylation is 2. The largest absolute Gasteiger partial charge is 0.484 e. The highest BCUT2D eigenvalue weighted by Gasteiger charge is 2.30. The minimum atomic E-state index is -1.18. The fourth-order valence-electron chi connectivity index (χ4n) is 4.65. The van der Waals surface area contributed by atoms with Crippen molar-refractivity contribution in [1.29, 1.82) is 5.26 Å². The molecule has 5 aromatic rings. The molecule has 0 spiro atoms. The van der Waals surface area contributed by atoms with Crippen LogP contribution in [-0.2, 0) is 0 Å². The minimum Gasteiger partial charge on any atom is -0.484 e. The molecule has 1 aliphatic heterocycles. The van der Waals surface area contributed by atoms with E-state index in [0.717, 1.165) is 42.3 Å². The zero-order valence-corrected chi connectivity index (χ0v) is 22.5. The highest BCUT2D eigenvalue weighted by atomic mass is 32.1. The Labute approximate surface area is 232 Å². The Morgan fingerprint density at radius 2 is 2.05 bits per heavy atom. The van der Waals surface area contributed by atoms with Crippen LogP contribution in [0.15, 0.2) is 42.9 Å². The van der Waals surface area contributed by atoms with Crippen LogP contribution in [0.3, 0.4) is 0 Å². The van der Waals surface area contributed by atoms with E-state index in [0.29, 0.717) is 22.9 Å². The fourth-order valence-corrected chi connectivity index (χ4v) is 5.80. The standard InChI is InChI=1S/C28H22N6O5S/c1-14-4-19(24-20(5-14)32-22(37-3)11-31-24)27-33-23-15(2)6-21-25(26(23)40-27)38-13-18(39-21)12-34(28(35)36)17-7-16(8-29)9-30-10-17/h4-7,9-11,18H,12-13H2,1-3H3,(H,35,36)/t18-/m1/s1. The van der Waals surface area contributed by atoms with E-state index in [9.17, 15) is 15.2 Å². The number of nitrogens with zero attached hydrogens (tertiary/aromatic N) is 6. The van der Waals surface area contributed by atoms with Gasteiger partial charge in [-0.2, -0.15) is 5.26 Å². The van der Waals surface area contributed by atoms with Gasteiger partial charge in [-0.3, -0.25) is 9.88 Å². The van der Waals surface area contributed by atoms with Gasteiger partial charge in [-0.15, -0.1) is 11.3 Å². The summed E-state index contributed by atoms with van der Waals surface area (Å²) in [6, 6.07) is 9.30. The molecule has 0 unspecified atom stereocenters. The number of benzene rings is 2. The van der Waals surface area contributed by atoms with Crippen LogP contribution >= 0.6 is 11.3 Å². The third-order valence-corrected chi connectivity index (χ3v) is 7.56. The van der Waals surface area contributed by atoms with E-state index in [1.165, 1.54) is 29.8 Å². The minimum absolute atomic E-state index is 0.00618. The topological polar surface area (TPSA) is 144 Å². The van der Waals surface area contributed by atoms with Gasteiger partial charge in [-0.05, 0) is 49.2 Å². The van der Waals surface area contributed by atoms with Gasteiger partial charge in [0.05, 0.1) is 53.8 Å². The van der Waals surface area contributed by atoms with Gasteiger partial charge in [-0.1, -0.05) is 0 Å². The van der Waals surface area contributed by atoms with Crippen molar-refractivity contribution in [3.05, 3.63) is 59.5 Å². The number of pyridine rings is 1. The maximum Gasteiger partial charge on any atom is 0.411 e. The van der Waals surface area contributed by atoms with Crippen LogP contribution < -0.4 is 19.1 Å². The third-order valence-electron chi connectivity index (χ3n) is 6.48. The van der Waals surface area contributed by atoms with E-state index in [2.05, 4.69) is 15.0 Å². The number of anilines is 1. The summed E-state index contributed by atoms with van der Waals surface area (Å²) in [7, 11) is 1.56. The van der Waals surface area contributed by atoms with Crippen molar-refractivity contribution in [3.8, 4) is 34.0 Å². The first-order chi connectivity index (χ1) is 19.3. The fraction of sp³-hybridized carbons (Fsp3) is 0.214. The quantitative estimate of drug-likeness (QED) is 0.311. The van der Waals surface area contributed by atoms with Crippen LogP contribution in [0.4, 0.5) is 10.5 Å². The molecule has 1 atom stereocenters. The summed E-state index contributed by atoms with van der Waals surface area (Å²) in [5.41, 5.74) is 5.55. The molecule has 1 amide bonds. The number of carboxylic acid groups (broad SMARTS) is 1. The van der Waals surface area contributed by atoms with Crippen molar-refractivity contribution in [3.63, 3.8) is 0 Å². The Morgan fingerprint density at radius 3 is 2.83 bits per heavy atom. The van der Waals surface area contributed by atoms with E-state index in [1.54, 1.807) is 13.3 Å². The molecule has 4 heterocycles. The number of hydrogen-bond donors (Lipinski definition) is 1. The number of aromatic nitrogens is 4. The number of nitriles is 1. The van der Waals surface area contributed by atoms with Gasteiger partial charge in [0, 0.05) is 11.8 Å². The van der Waals surface area contributed by atoms with Crippen molar-refractivity contribution in [2.75, 3.05) is 25.2 Å². The van der Waals surface area contributed by atoms with Crippen LogP contribution in [0, 0.1) is 25.2 Å². The molecule has 11 nitrogen and oxygen atoms in total. The summed E-state index contributed by atoms with van der Waals surface area (Å²) >= 11 is 1.48. The lowest BCUT2D eigenvalue weighted by molar-refractivity contribution is 0.0961. The van der Waals surface area contributed by atoms with Crippen molar-refractivity contribution in [2.45, 2.75) is 20.0 Å². The number of carbonyl (C=O) groups is 1. The SMILES string of the molecule is COc1cnc2c(-c3nc4c(C)cc5c(c4s3)OC[C@@H](CN(C(=O)O)c3cncc(C#N)c3)O5)cc(C)cc2n1. The Bertz CT molecular complexity index is 1850. The van der Waals surface area contributed by atoms with Crippen LogP contribution in [0.2, 0.25) is 0 Å². The molecule has 0 aliphatic carbocycles. The summed E-state index contributed by atoms with van der Waals surface area (Å²) in [5.74, 6) is 1.53. The van der Waals surface area contributed by atoms with Crippen molar-refractivity contribution in [2.24, 2.45) is 0 Å². The molecule has 1 N–H and O–H groups in total. The van der Waals surface area contributed by atoms with Crippen LogP contribution in [-0.4, -0.2) is 57.5 Å². The normalized spacial score (nSPS) is 14.2. The number of ether oxygens (including phenoxy) is 3. The molecule has 12 heteroatoms. The number of hydrogen-bond acceptors (Lipinski definition) is 10. The summed E-state index contributed by atoms with van der Waals surface area (Å²) in [5, 5.41) is 19.8. The summed E-state index contributed by atoms with van der Waals surface area (Å²) in [6.07, 6.45) is 2.60. The molecule has 40 heavy (non-hydrogen) atoms. The number of thiazole rings is 1. The Morgan fingerprint density at radius 1 is 1.20 bits per heavy atom. The summed E-state index contributed by atoms with van der Waals surface area (Å²) in [6.45, 7) is 4.06. The first-order valence-corrected chi connectivity index (χ1v) is 13.1. The number of amides is 1. The molecule has 200 valence electrons. The molecule has 0 bridgehead atoms. The molecule has 6 rings (SSSR count). The molecule has 0 saturated carbocycles. The van der Waals surface area contributed by atoms with E-state index in [4.69, 9.17) is 19.2 Å². The maximum atomic E-state index is 12.0.